The number of rotatable bonds is 6. The van der Waals surface area contributed by atoms with Crippen LogP contribution < -0.4 is 0 Å². The summed E-state index contributed by atoms with van der Waals surface area (Å²) < 4.78 is 0. The van der Waals surface area contributed by atoms with Crippen molar-refractivity contribution >= 4 is 6.08 Å². The first kappa shape index (κ1) is 17.7. The highest BCUT2D eigenvalue weighted by Crippen LogP contribution is 2.27. The van der Waals surface area contributed by atoms with E-state index in [2.05, 4.69) is 52.3 Å². The Morgan fingerprint density at radius 1 is 1.04 bits per heavy atom. The molecule has 0 bridgehead atoms. The fourth-order valence-electron chi connectivity index (χ4n) is 4.30. The third kappa shape index (κ3) is 4.92. The third-order valence-corrected chi connectivity index (χ3v) is 5.59. The lowest BCUT2D eigenvalue weighted by atomic mass is 9.92. The number of hydrogen-bond donors (Lipinski definition) is 1. The highest BCUT2D eigenvalue weighted by Gasteiger charge is 2.31. The number of piperazine rings is 1. The molecule has 0 radical (unpaired) electrons. The van der Waals surface area contributed by atoms with Crippen LogP contribution in [0.25, 0.3) is 6.08 Å². The summed E-state index contributed by atoms with van der Waals surface area (Å²) >= 11 is 0. The van der Waals surface area contributed by atoms with Gasteiger partial charge < -0.3 is 5.11 Å². The normalized spacial score (nSPS) is 24.6. The molecule has 2 aliphatic rings. The molecule has 1 aliphatic carbocycles. The average Bonchev–Trinajstić information content (AvgIpc) is 2.64. The van der Waals surface area contributed by atoms with Gasteiger partial charge in [-0.25, -0.2) is 0 Å². The van der Waals surface area contributed by atoms with Crippen LogP contribution in [0.2, 0.25) is 0 Å². The Hall–Kier alpha value is -1.16. The summed E-state index contributed by atoms with van der Waals surface area (Å²) in [6, 6.07) is 11.8. The minimum atomic E-state index is 0.307. The molecular weight excluding hydrogens is 296 g/mol. The molecule has 0 spiro atoms. The lowest BCUT2D eigenvalue weighted by molar-refractivity contribution is 0.0206. The molecule has 1 aromatic carbocycles. The van der Waals surface area contributed by atoms with Crippen molar-refractivity contribution < 1.29 is 5.11 Å². The summed E-state index contributed by atoms with van der Waals surface area (Å²) in [4.78, 5) is 5.26. The number of aliphatic hydroxyl groups is 1. The van der Waals surface area contributed by atoms with Crippen molar-refractivity contribution in [1.29, 1.82) is 0 Å². The third-order valence-electron chi connectivity index (χ3n) is 5.59. The number of nitrogens with zero attached hydrogens (tertiary/aromatic N) is 2. The Morgan fingerprint density at radius 3 is 2.58 bits per heavy atom. The average molecular weight is 329 g/mol. The van der Waals surface area contributed by atoms with Gasteiger partial charge in [-0.05, 0) is 24.8 Å². The van der Waals surface area contributed by atoms with Crippen molar-refractivity contribution in [3.8, 4) is 0 Å². The van der Waals surface area contributed by atoms with Gasteiger partial charge in [-0.1, -0.05) is 61.7 Å². The zero-order valence-electron chi connectivity index (χ0n) is 14.8. The zero-order chi connectivity index (χ0) is 16.6. The first-order valence-electron chi connectivity index (χ1n) is 9.67. The number of aliphatic hydroxyl groups excluding tert-OH is 1. The summed E-state index contributed by atoms with van der Waals surface area (Å²) in [7, 11) is 0. The van der Waals surface area contributed by atoms with E-state index in [-0.39, 0.29) is 0 Å². The van der Waals surface area contributed by atoms with E-state index >= 15 is 0 Å². The van der Waals surface area contributed by atoms with Crippen molar-refractivity contribution in [1.82, 2.24) is 9.80 Å². The van der Waals surface area contributed by atoms with E-state index in [1.54, 1.807) is 0 Å². The fraction of sp³-hybridized carbons (Fsp3) is 0.619. The molecular formula is C21H32N2O. The molecule has 1 saturated carbocycles. The van der Waals surface area contributed by atoms with Crippen molar-refractivity contribution in [2.24, 2.45) is 0 Å². The fourth-order valence-corrected chi connectivity index (χ4v) is 4.30. The highest BCUT2D eigenvalue weighted by molar-refractivity contribution is 5.48. The monoisotopic (exact) mass is 328 g/mol. The Morgan fingerprint density at radius 2 is 1.83 bits per heavy atom. The molecule has 3 heteroatoms. The molecule has 1 N–H and O–H groups in total. The smallest absolute Gasteiger partial charge is 0.0446 e. The maximum atomic E-state index is 9.49. The van der Waals surface area contributed by atoms with Crippen LogP contribution in [0.15, 0.2) is 36.4 Å². The zero-order valence-corrected chi connectivity index (χ0v) is 14.8. The SMILES string of the molecule is OCCC1CN(C/C=C/c2ccccc2)CCN1C1CCCCC1. The van der Waals surface area contributed by atoms with E-state index in [0.29, 0.717) is 12.6 Å². The minimum Gasteiger partial charge on any atom is -0.396 e. The van der Waals surface area contributed by atoms with Crippen LogP contribution in [0.4, 0.5) is 0 Å². The van der Waals surface area contributed by atoms with Gasteiger partial charge in [-0.2, -0.15) is 0 Å². The Balaban J connectivity index is 1.53. The van der Waals surface area contributed by atoms with Gasteiger partial charge in [0, 0.05) is 44.9 Å². The maximum Gasteiger partial charge on any atom is 0.0446 e. The van der Waals surface area contributed by atoms with Crippen molar-refractivity contribution in [3.63, 3.8) is 0 Å². The lowest BCUT2D eigenvalue weighted by Gasteiger charge is -2.46. The molecule has 0 aromatic heterocycles. The van der Waals surface area contributed by atoms with Crippen molar-refractivity contribution in [2.75, 3.05) is 32.8 Å². The molecule has 1 unspecified atom stereocenters. The topological polar surface area (TPSA) is 26.7 Å². The molecule has 1 aliphatic heterocycles. The lowest BCUT2D eigenvalue weighted by Crippen LogP contribution is -2.57. The van der Waals surface area contributed by atoms with Gasteiger partial charge in [0.15, 0.2) is 0 Å². The largest absolute Gasteiger partial charge is 0.396 e. The first-order valence-corrected chi connectivity index (χ1v) is 9.67. The van der Waals surface area contributed by atoms with E-state index in [1.807, 2.05) is 0 Å². The molecule has 1 saturated heterocycles. The molecule has 3 nitrogen and oxygen atoms in total. The summed E-state index contributed by atoms with van der Waals surface area (Å²) in [6.45, 7) is 4.72. The van der Waals surface area contributed by atoms with Gasteiger partial charge >= 0.3 is 0 Å². The van der Waals surface area contributed by atoms with Gasteiger partial charge in [0.2, 0.25) is 0 Å². The second kappa shape index (κ2) is 9.36. The van der Waals surface area contributed by atoms with Gasteiger partial charge in [-0.15, -0.1) is 0 Å². The highest BCUT2D eigenvalue weighted by atomic mass is 16.3. The number of benzene rings is 1. The van der Waals surface area contributed by atoms with Crippen LogP contribution in [0.3, 0.4) is 0 Å². The summed E-state index contributed by atoms with van der Waals surface area (Å²) in [6.07, 6.45) is 12.3. The predicted octanol–water partition coefficient (Wildman–Crippen LogP) is 3.40. The van der Waals surface area contributed by atoms with E-state index in [9.17, 15) is 5.11 Å². The van der Waals surface area contributed by atoms with Crippen LogP contribution in [0.1, 0.15) is 44.1 Å². The van der Waals surface area contributed by atoms with Crippen LogP contribution in [0, 0.1) is 0 Å². The van der Waals surface area contributed by atoms with Gasteiger partial charge in [-0.3, -0.25) is 9.80 Å². The van der Waals surface area contributed by atoms with E-state index in [1.165, 1.54) is 37.7 Å². The van der Waals surface area contributed by atoms with Crippen LogP contribution in [-0.4, -0.2) is 59.8 Å². The van der Waals surface area contributed by atoms with Crippen LogP contribution in [-0.2, 0) is 0 Å². The predicted molar refractivity (Wildman–Crippen MR) is 101 cm³/mol. The van der Waals surface area contributed by atoms with Gasteiger partial charge in [0.25, 0.3) is 0 Å². The Bertz CT molecular complexity index is 496. The molecule has 3 rings (SSSR count). The molecule has 1 aromatic rings. The second-order valence-electron chi connectivity index (χ2n) is 7.27. The quantitative estimate of drug-likeness (QED) is 0.867. The Kier molecular flexibility index (Phi) is 6.88. The van der Waals surface area contributed by atoms with E-state index in [0.717, 1.165) is 38.6 Å². The van der Waals surface area contributed by atoms with Gasteiger partial charge in [0.05, 0.1) is 0 Å². The molecule has 2 fully saturated rings. The first-order chi connectivity index (χ1) is 11.9. The second-order valence-corrected chi connectivity index (χ2v) is 7.27. The van der Waals surface area contributed by atoms with E-state index < -0.39 is 0 Å². The molecule has 24 heavy (non-hydrogen) atoms. The molecule has 1 atom stereocenters. The van der Waals surface area contributed by atoms with Crippen molar-refractivity contribution in [2.45, 2.75) is 50.6 Å². The maximum absolute atomic E-state index is 9.49. The standard InChI is InChI=1S/C21H32N2O/c24-17-13-21-18-22(14-7-10-19-8-3-1-4-9-19)15-16-23(21)20-11-5-2-6-12-20/h1,3-4,7-10,20-21,24H,2,5-6,11-18H2/b10-7+. The summed E-state index contributed by atoms with van der Waals surface area (Å²) in [5.74, 6) is 0. The van der Waals surface area contributed by atoms with E-state index in [4.69, 9.17) is 0 Å². The molecule has 1 heterocycles. The van der Waals surface area contributed by atoms with Gasteiger partial charge in [0.1, 0.15) is 0 Å². The van der Waals surface area contributed by atoms with Crippen LogP contribution in [0.5, 0.6) is 0 Å². The molecule has 0 amide bonds. The summed E-state index contributed by atoms with van der Waals surface area (Å²) in [5, 5.41) is 9.49. The summed E-state index contributed by atoms with van der Waals surface area (Å²) in [5.41, 5.74) is 1.27. The Labute approximate surface area is 147 Å². The minimum absolute atomic E-state index is 0.307. The van der Waals surface area contributed by atoms with Crippen LogP contribution >= 0.6 is 0 Å². The number of hydrogen-bond acceptors (Lipinski definition) is 3. The molecule has 132 valence electrons. The van der Waals surface area contributed by atoms with Crippen molar-refractivity contribution in [3.05, 3.63) is 42.0 Å².